The van der Waals surface area contributed by atoms with Gasteiger partial charge in [0.05, 0.1) is 16.9 Å². The molecule has 0 atom stereocenters. The van der Waals surface area contributed by atoms with Gasteiger partial charge < -0.3 is 14.1 Å². The van der Waals surface area contributed by atoms with Crippen molar-refractivity contribution in [3.8, 4) is 0 Å². The van der Waals surface area contributed by atoms with Crippen molar-refractivity contribution < 1.29 is 27.2 Å². The third-order valence-corrected chi connectivity index (χ3v) is 7.65. The second kappa shape index (κ2) is 8.95. The van der Waals surface area contributed by atoms with Crippen LogP contribution in [0.5, 0.6) is 0 Å². The molecule has 0 amide bonds. The molecule has 4 rings (SSSR count). The quantitative estimate of drug-likeness (QED) is 0.369. The first-order valence-corrected chi connectivity index (χ1v) is 12.4. The highest BCUT2D eigenvalue weighted by atomic mass is 32.2. The number of para-hydroxylation sites is 1. The number of likely N-dealkylation sites (N-methyl/N-ethyl adjacent to an activating group) is 1. The number of sulfone groups is 1. The SMILES string of the molecule is CN1/C(=C\C(=O)COC(=O)c2occc2CS(=O)(=O)c2ccccc2)C(C)(C)c2ccccc21. The molecule has 8 heteroatoms. The Morgan fingerprint density at radius 1 is 1.03 bits per heavy atom. The monoisotopic (exact) mass is 479 g/mol. The van der Waals surface area contributed by atoms with Crippen molar-refractivity contribution in [3.63, 3.8) is 0 Å². The maximum Gasteiger partial charge on any atom is 0.374 e. The van der Waals surface area contributed by atoms with E-state index < -0.39 is 28.2 Å². The van der Waals surface area contributed by atoms with E-state index in [4.69, 9.17) is 9.15 Å². The van der Waals surface area contributed by atoms with E-state index in [2.05, 4.69) is 0 Å². The summed E-state index contributed by atoms with van der Waals surface area (Å²) in [6.45, 7) is 3.57. The zero-order valence-electron chi connectivity index (χ0n) is 19.1. The Hall–Kier alpha value is -3.65. The van der Waals surface area contributed by atoms with Gasteiger partial charge in [-0.1, -0.05) is 50.2 Å². The predicted molar refractivity (Wildman–Crippen MR) is 127 cm³/mol. The normalized spacial score (nSPS) is 15.9. The van der Waals surface area contributed by atoms with E-state index in [1.165, 1.54) is 30.5 Å². The first-order valence-electron chi connectivity index (χ1n) is 10.7. The number of esters is 1. The number of hydrogen-bond donors (Lipinski definition) is 0. The highest BCUT2D eigenvalue weighted by molar-refractivity contribution is 7.90. The second-order valence-corrected chi connectivity index (χ2v) is 10.6. The standard InChI is InChI=1S/C26H25NO6S/c1-26(2)21-11-7-8-12-22(21)27(3)23(26)15-19(28)16-33-25(29)24-18(13-14-32-24)17-34(30,31)20-9-5-4-6-10-20/h4-15H,16-17H2,1-3H3/b23-15-. The Labute approximate surface area is 198 Å². The lowest BCUT2D eigenvalue weighted by Gasteiger charge is -2.23. The highest BCUT2D eigenvalue weighted by Crippen LogP contribution is 2.46. The molecule has 1 aliphatic heterocycles. The minimum absolute atomic E-state index is 0.140. The number of ether oxygens (including phenoxy) is 1. The van der Waals surface area contributed by atoms with Crippen LogP contribution in [0.4, 0.5) is 5.69 Å². The molecule has 34 heavy (non-hydrogen) atoms. The van der Waals surface area contributed by atoms with Crippen LogP contribution in [0.2, 0.25) is 0 Å². The van der Waals surface area contributed by atoms with Crippen LogP contribution in [0.15, 0.2) is 88.0 Å². The van der Waals surface area contributed by atoms with Gasteiger partial charge in [0.2, 0.25) is 5.76 Å². The molecule has 2 aromatic carbocycles. The van der Waals surface area contributed by atoms with Crippen molar-refractivity contribution in [1.29, 1.82) is 0 Å². The van der Waals surface area contributed by atoms with Gasteiger partial charge in [-0.05, 0) is 29.8 Å². The number of anilines is 1. The zero-order valence-corrected chi connectivity index (χ0v) is 20.0. The summed E-state index contributed by atoms with van der Waals surface area (Å²) in [7, 11) is -1.79. The molecule has 1 aromatic heterocycles. The summed E-state index contributed by atoms with van der Waals surface area (Å²) >= 11 is 0. The van der Waals surface area contributed by atoms with Crippen LogP contribution in [0.3, 0.4) is 0 Å². The maximum atomic E-state index is 12.7. The lowest BCUT2D eigenvalue weighted by atomic mass is 9.83. The average molecular weight is 480 g/mol. The predicted octanol–water partition coefficient (Wildman–Crippen LogP) is 4.29. The van der Waals surface area contributed by atoms with Gasteiger partial charge >= 0.3 is 5.97 Å². The summed E-state index contributed by atoms with van der Waals surface area (Å²) in [5, 5.41) is 0. The number of carbonyl (C=O) groups excluding carboxylic acids is 2. The van der Waals surface area contributed by atoms with Crippen molar-refractivity contribution in [2.24, 2.45) is 0 Å². The van der Waals surface area contributed by atoms with E-state index in [0.717, 1.165) is 16.9 Å². The molecule has 0 unspecified atom stereocenters. The number of hydrogen-bond acceptors (Lipinski definition) is 7. The topological polar surface area (TPSA) is 93.9 Å². The first kappa shape index (κ1) is 23.5. The van der Waals surface area contributed by atoms with Crippen LogP contribution in [0.25, 0.3) is 0 Å². The zero-order chi connectivity index (χ0) is 24.5. The lowest BCUT2D eigenvalue weighted by molar-refractivity contribution is -0.117. The van der Waals surface area contributed by atoms with E-state index in [1.54, 1.807) is 18.2 Å². The summed E-state index contributed by atoms with van der Waals surface area (Å²) < 4.78 is 35.7. The Kier molecular flexibility index (Phi) is 6.18. The smallest absolute Gasteiger partial charge is 0.374 e. The lowest BCUT2D eigenvalue weighted by Crippen LogP contribution is -2.25. The molecule has 0 bridgehead atoms. The van der Waals surface area contributed by atoms with E-state index in [-0.39, 0.29) is 27.4 Å². The fourth-order valence-corrected chi connectivity index (χ4v) is 5.57. The first-order chi connectivity index (χ1) is 16.1. The fourth-order valence-electron chi connectivity index (χ4n) is 4.20. The molecule has 0 radical (unpaired) electrons. The van der Waals surface area contributed by atoms with Crippen molar-refractivity contribution in [2.75, 3.05) is 18.6 Å². The van der Waals surface area contributed by atoms with E-state index in [9.17, 15) is 18.0 Å². The Balaban J connectivity index is 1.45. The van der Waals surface area contributed by atoms with Crippen molar-refractivity contribution in [3.05, 3.63) is 95.6 Å². The molecule has 0 saturated carbocycles. The molecule has 0 N–H and O–H groups in total. The van der Waals surface area contributed by atoms with Gasteiger partial charge in [-0.25, -0.2) is 13.2 Å². The summed E-state index contributed by atoms with van der Waals surface area (Å²) in [5.74, 6) is -1.93. The van der Waals surface area contributed by atoms with E-state index in [0.29, 0.717) is 0 Å². The number of allylic oxidation sites excluding steroid dienone is 1. The third kappa shape index (κ3) is 4.41. The van der Waals surface area contributed by atoms with Crippen LogP contribution in [0, 0.1) is 0 Å². The number of ketones is 1. The minimum Gasteiger partial charge on any atom is -0.457 e. The molecule has 7 nitrogen and oxygen atoms in total. The molecule has 3 aromatic rings. The number of furan rings is 1. The van der Waals surface area contributed by atoms with Crippen LogP contribution in [-0.4, -0.2) is 33.8 Å². The van der Waals surface area contributed by atoms with Gasteiger partial charge in [-0.2, -0.15) is 0 Å². The minimum atomic E-state index is -3.68. The van der Waals surface area contributed by atoms with Crippen LogP contribution < -0.4 is 4.90 Å². The van der Waals surface area contributed by atoms with Gasteiger partial charge in [-0.15, -0.1) is 0 Å². The average Bonchev–Trinajstić information content (AvgIpc) is 3.35. The maximum absolute atomic E-state index is 12.7. The summed E-state index contributed by atoms with van der Waals surface area (Å²) in [5.41, 5.74) is 2.70. The fraction of sp³-hybridized carbons (Fsp3) is 0.231. The number of benzene rings is 2. The summed E-state index contributed by atoms with van der Waals surface area (Å²) in [4.78, 5) is 27.3. The molecular weight excluding hydrogens is 454 g/mol. The third-order valence-electron chi connectivity index (χ3n) is 5.96. The number of nitrogens with zero attached hydrogens (tertiary/aromatic N) is 1. The Bertz CT molecular complexity index is 1370. The van der Waals surface area contributed by atoms with Gasteiger partial charge in [0.1, 0.15) is 0 Å². The van der Waals surface area contributed by atoms with Crippen molar-refractivity contribution in [1.82, 2.24) is 0 Å². The van der Waals surface area contributed by atoms with Crippen molar-refractivity contribution in [2.45, 2.75) is 29.9 Å². The molecule has 2 heterocycles. The molecule has 0 fully saturated rings. The summed E-state index contributed by atoms with van der Waals surface area (Å²) in [6.07, 6.45) is 2.71. The van der Waals surface area contributed by atoms with Gasteiger partial charge in [0.15, 0.2) is 22.2 Å². The number of fused-ring (bicyclic) bond motifs is 1. The summed E-state index contributed by atoms with van der Waals surface area (Å²) in [6, 6.07) is 17.3. The van der Waals surface area contributed by atoms with Gasteiger partial charge in [-0.3, -0.25) is 4.79 Å². The number of rotatable bonds is 7. The molecule has 0 saturated heterocycles. The van der Waals surface area contributed by atoms with Gasteiger partial charge in [0, 0.05) is 35.5 Å². The molecule has 0 aliphatic carbocycles. The highest BCUT2D eigenvalue weighted by Gasteiger charge is 2.38. The van der Waals surface area contributed by atoms with Crippen LogP contribution in [-0.2, 0) is 30.5 Å². The Morgan fingerprint density at radius 2 is 1.71 bits per heavy atom. The molecular formula is C26H25NO6S. The largest absolute Gasteiger partial charge is 0.457 e. The Morgan fingerprint density at radius 3 is 2.41 bits per heavy atom. The van der Waals surface area contributed by atoms with Gasteiger partial charge in [0.25, 0.3) is 0 Å². The van der Waals surface area contributed by atoms with Crippen LogP contribution >= 0.6 is 0 Å². The van der Waals surface area contributed by atoms with Crippen LogP contribution in [0.1, 0.15) is 35.5 Å². The molecule has 176 valence electrons. The van der Waals surface area contributed by atoms with E-state index in [1.807, 2.05) is 50.1 Å². The van der Waals surface area contributed by atoms with E-state index >= 15 is 0 Å². The number of carbonyl (C=O) groups is 2. The van der Waals surface area contributed by atoms with Crippen molar-refractivity contribution >= 4 is 27.3 Å². The second-order valence-electron chi connectivity index (χ2n) is 8.62. The molecule has 1 aliphatic rings. The molecule has 0 spiro atoms.